The molecule has 7 nitrogen and oxygen atoms in total. The summed E-state index contributed by atoms with van der Waals surface area (Å²) in [7, 11) is 0. The molecule has 1 aliphatic carbocycles. The van der Waals surface area contributed by atoms with Gasteiger partial charge in [0.2, 0.25) is 0 Å². The maximum absolute atomic E-state index is 13.3. The minimum Gasteiger partial charge on any atom is -0.480 e. The fourth-order valence-corrected chi connectivity index (χ4v) is 8.21. The van der Waals surface area contributed by atoms with Crippen LogP contribution in [0.25, 0.3) is 0 Å². The first-order valence-corrected chi connectivity index (χ1v) is 17.3. The van der Waals surface area contributed by atoms with Crippen molar-refractivity contribution in [1.29, 1.82) is 0 Å². The Hall–Kier alpha value is -3.32. The highest BCUT2D eigenvalue weighted by Gasteiger charge is 2.43. The van der Waals surface area contributed by atoms with E-state index in [-0.39, 0.29) is 35.4 Å². The van der Waals surface area contributed by atoms with Crippen molar-refractivity contribution in [2.24, 2.45) is 11.8 Å². The van der Waals surface area contributed by atoms with Crippen LogP contribution in [0.3, 0.4) is 0 Å². The fraction of sp³-hybridized carbons (Fsp3) is 0.611. The van der Waals surface area contributed by atoms with Crippen molar-refractivity contribution in [3.8, 4) is 0 Å². The molecule has 3 atom stereocenters. The zero-order valence-electron chi connectivity index (χ0n) is 27.8. The molecule has 2 heterocycles. The number of nitrogens with zero attached hydrogens (tertiary/aromatic N) is 3. The lowest BCUT2D eigenvalue weighted by atomic mass is 9.83. The average molecular weight is 697 g/mol. The van der Waals surface area contributed by atoms with Gasteiger partial charge < -0.3 is 20.2 Å². The van der Waals surface area contributed by atoms with Gasteiger partial charge in [-0.15, -0.1) is 0 Å². The van der Waals surface area contributed by atoms with Gasteiger partial charge in [-0.2, -0.15) is 26.3 Å². The van der Waals surface area contributed by atoms with Gasteiger partial charge in [0.25, 0.3) is 0 Å². The number of hydrogen-bond acceptors (Lipinski definition) is 4. The Labute approximate surface area is 283 Å². The van der Waals surface area contributed by atoms with Crippen molar-refractivity contribution < 1.29 is 41.0 Å². The molecular weight excluding hydrogens is 650 g/mol. The van der Waals surface area contributed by atoms with Crippen LogP contribution < -0.4 is 5.32 Å². The summed E-state index contributed by atoms with van der Waals surface area (Å²) in [6.45, 7) is 5.24. The normalized spacial score (nSPS) is 22.6. The van der Waals surface area contributed by atoms with Crippen molar-refractivity contribution in [3.63, 3.8) is 0 Å². The number of benzene rings is 2. The number of rotatable bonds is 10. The SMILES string of the molecule is CCN(C(=O)NCc1cc(C(F)(F)F)cc(C(F)(F)F)c1)C1CCN(CC2CN(C(C(=O)O)C3CCCCC3)CC2c2ccccc2)CC1. The number of carbonyl (C=O) groups is 2. The van der Waals surface area contributed by atoms with Crippen molar-refractivity contribution in [2.45, 2.75) is 88.8 Å². The molecular formula is C36H46F6N4O3. The number of carboxylic acids is 1. The lowest BCUT2D eigenvalue weighted by Crippen LogP contribution is -2.51. The van der Waals surface area contributed by atoms with Gasteiger partial charge in [-0.1, -0.05) is 49.6 Å². The van der Waals surface area contributed by atoms with Crippen LogP contribution in [0, 0.1) is 11.8 Å². The van der Waals surface area contributed by atoms with Gasteiger partial charge in [0.05, 0.1) is 11.1 Å². The highest BCUT2D eigenvalue weighted by molar-refractivity contribution is 5.75. The number of carboxylic acid groups (broad SMARTS) is 1. The largest absolute Gasteiger partial charge is 0.480 e. The number of nitrogens with one attached hydrogen (secondary N) is 1. The lowest BCUT2D eigenvalue weighted by Gasteiger charge is -2.39. The van der Waals surface area contributed by atoms with Crippen LogP contribution in [-0.2, 0) is 23.7 Å². The summed E-state index contributed by atoms with van der Waals surface area (Å²) >= 11 is 0. The minimum atomic E-state index is -4.96. The van der Waals surface area contributed by atoms with Crippen LogP contribution in [0.5, 0.6) is 0 Å². The maximum atomic E-state index is 13.3. The number of likely N-dealkylation sites (tertiary alicyclic amines) is 2. The molecule has 2 N–H and O–H groups in total. The maximum Gasteiger partial charge on any atom is 0.416 e. The van der Waals surface area contributed by atoms with Gasteiger partial charge in [-0.25, -0.2) is 4.79 Å². The van der Waals surface area contributed by atoms with Gasteiger partial charge in [-0.3, -0.25) is 9.69 Å². The van der Waals surface area contributed by atoms with Crippen molar-refractivity contribution in [3.05, 3.63) is 70.8 Å². The second-order valence-corrected chi connectivity index (χ2v) is 13.8. The molecule has 270 valence electrons. The summed E-state index contributed by atoms with van der Waals surface area (Å²) in [6, 6.07) is 10.4. The van der Waals surface area contributed by atoms with E-state index in [1.54, 1.807) is 11.8 Å². The van der Waals surface area contributed by atoms with Crippen molar-refractivity contribution in [1.82, 2.24) is 20.0 Å². The minimum absolute atomic E-state index is 0.0733. The van der Waals surface area contributed by atoms with Gasteiger partial charge >= 0.3 is 24.4 Å². The highest BCUT2D eigenvalue weighted by Crippen LogP contribution is 2.39. The number of aliphatic carboxylic acids is 1. The third kappa shape index (κ3) is 9.27. The fourth-order valence-electron chi connectivity index (χ4n) is 8.21. The van der Waals surface area contributed by atoms with Crippen LogP contribution in [0.1, 0.15) is 80.0 Å². The summed E-state index contributed by atoms with van der Waals surface area (Å²) in [5, 5.41) is 12.8. The number of halogens is 6. The summed E-state index contributed by atoms with van der Waals surface area (Å²) in [5.74, 6) is -0.171. The number of urea groups is 1. The molecule has 2 amide bonds. The van der Waals surface area contributed by atoms with E-state index in [1.165, 1.54) is 5.56 Å². The molecule has 49 heavy (non-hydrogen) atoms. The third-order valence-corrected chi connectivity index (χ3v) is 10.6. The van der Waals surface area contributed by atoms with E-state index in [0.717, 1.165) is 38.6 Å². The number of alkyl halides is 6. The quantitative estimate of drug-likeness (QED) is 0.252. The Bertz CT molecular complexity index is 1380. The topological polar surface area (TPSA) is 76.1 Å². The first kappa shape index (κ1) is 36.9. The Balaban J connectivity index is 1.20. The monoisotopic (exact) mass is 696 g/mol. The van der Waals surface area contributed by atoms with Crippen LogP contribution in [0.4, 0.5) is 31.1 Å². The lowest BCUT2D eigenvalue weighted by molar-refractivity contribution is -0.146. The van der Waals surface area contributed by atoms with E-state index in [1.807, 2.05) is 18.2 Å². The third-order valence-electron chi connectivity index (χ3n) is 10.6. The molecule has 3 fully saturated rings. The molecule has 3 aliphatic rings. The highest BCUT2D eigenvalue weighted by atomic mass is 19.4. The second kappa shape index (κ2) is 15.7. The molecule has 13 heteroatoms. The predicted molar refractivity (Wildman–Crippen MR) is 173 cm³/mol. The summed E-state index contributed by atoms with van der Waals surface area (Å²) in [6.07, 6.45) is -3.42. The Morgan fingerprint density at radius 2 is 1.51 bits per heavy atom. The Morgan fingerprint density at radius 3 is 2.06 bits per heavy atom. The number of carbonyl (C=O) groups excluding carboxylic acids is 1. The molecule has 3 unspecified atom stereocenters. The number of amides is 2. The zero-order chi connectivity index (χ0) is 35.3. The van der Waals surface area contributed by atoms with Crippen LogP contribution in [0.2, 0.25) is 0 Å². The van der Waals surface area contributed by atoms with E-state index >= 15 is 0 Å². The first-order valence-electron chi connectivity index (χ1n) is 17.3. The van der Waals surface area contributed by atoms with Gasteiger partial charge in [0.1, 0.15) is 6.04 Å². The molecule has 2 aromatic rings. The molecule has 1 saturated carbocycles. The molecule has 2 aromatic carbocycles. The standard InChI is InChI=1S/C36H46F6N4O3/c1-2-46(34(49)43-20-24-17-28(35(37,38)39)19-29(18-24)36(40,41)42)30-13-15-44(16-14-30)21-27-22-45(23-31(27)25-9-5-3-6-10-25)32(33(47)48)26-11-7-4-8-12-26/h3,5-6,9-10,17-19,26-27,30-32H,2,4,7-8,11-16,20-23H2,1H3,(H,43,49)(H,47,48). The Kier molecular flexibility index (Phi) is 11.8. The smallest absolute Gasteiger partial charge is 0.416 e. The van der Waals surface area contributed by atoms with Crippen LogP contribution in [0.15, 0.2) is 48.5 Å². The van der Waals surface area contributed by atoms with E-state index in [0.29, 0.717) is 57.7 Å². The number of hydrogen-bond donors (Lipinski definition) is 2. The van der Waals surface area contributed by atoms with E-state index < -0.39 is 48.1 Å². The van der Waals surface area contributed by atoms with E-state index in [4.69, 9.17) is 0 Å². The van der Waals surface area contributed by atoms with Gasteiger partial charge in [-0.05, 0) is 73.8 Å². The molecule has 2 saturated heterocycles. The van der Waals surface area contributed by atoms with Crippen LogP contribution in [-0.4, -0.2) is 83.2 Å². The molecule has 0 bridgehead atoms. The van der Waals surface area contributed by atoms with Crippen LogP contribution >= 0.6 is 0 Å². The summed E-state index contributed by atoms with van der Waals surface area (Å²) in [4.78, 5) is 31.9. The summed E-state index contributed by atoms with van der Waals surface area (Å²) < 4.78 is 79.8. The summed E-state index contributed by atoms with van der Waals surface area (Å²) in [5.41, 5.74) is -1.92. The van der Waals surface area contributed by atoms with Gasteiger partial charge in [0.15, 0.2) is 0 Å². The molecule has 0 radical (unpaired) electrons. The molecule has 5 rings (SSSR count). The molecule has 0 spiro atoms. The molecule has 2 aliphatic heterocycles. The zero-order valence-corrected chi connectivity index (χ0v) is 27.8. The first-order chi connectivity index (χ1) is 23.2. The predicted octanol–water partition coefficient (Wildman–Crippen LogP) is 7.47. The number of piperidine rings is 1. The Morgan fingerprint density at radius 1 is 0.898 bits per heavy atom. The van der Waals surface area contributed by atoms with Gasteiger partial charge in [0, 0.05) is 57.8 Å². The van der Waals surface area contributed by atoms with E-state index in [2.05, 4.69) is 27.2 Å². The second-order valence-electron chi connectivity index (χ2n) is 13.8. The molecule has 0 aromatic heterocycles. The average Bonchev–Trinajstić information content (AvgIpc) is 3.47. The van der Waals surface area contributed by atoms with Crippen molar-refractivity contribution >= 4 is 12.0 Å². The van der Waals surface area contributed by atoms with Crippen molar-refractivity contribution in [2.75, 3.05) is 39.3 Å². The van der Waals surface area contributed by atoms with E-state index in [9.17, 15) is 41.0 Å².